The van der Waals surface area contributed by atoms with Gasteiger partial charge in [0.2, 0.25) is 0 Å². The molecule has 2 aromatic carbocycles. The quantitative estimate of drug-likeness (QED) is 0.567. The van der Waals surface area contributed by atoms with Crippen LogP contribution in [0.3, 0.4) is 0 Å². The summed E-state index contributed by atoms with van der Waals surface area (Å²) in [7, 11) is -0.875. The fourth-order valence-electron chi connectivity index (χ4n) is 4.27. The highest BCUT2D eigenvalue weighted by molar-refractivity contribution is 6.99. The van der Waals surface area contributed by atoms with Crippen LogP contribution in [0.2, 0.25) is 5.04 Å². The molecule has 27 heavy (non-hydrogen) atoms. The van der Waals surface area contributed by atoms with E-state index in [-0.39, 0.29) is 29.6 Å². The molecular formula is C22H28O4Si. The maximum Gasteiger partial charge on any atom is 0.261 e. The number of rotatable bonds is 6. The molecule has 0 radical (unpaired) electrons. The van der Waals surface area contributed by atoms with E-state index in [1.807, 2.05) is 0 Å². The minimum absolute atomic E-state index is 0.0429. The number of ether oxygens (including phenoxy) is 3. The Labute approximate surface area is 162 Å². The maximum absolute atomic E-state index is 6.92. The topological polar surface area (TPSA) is 40.2 Å². The Kier molecular flexibility index (Phi) is 4.99. The van der Waals surface area contributed by atoms with Gasteiger partial charge < -0.3 is 18.6 Å². The molecular weight excluding hydrogens is 356 g/mol. The van der Waals surface area contributed by atoms with Crippen LogP contribution in [0.4, 0.5) is 0 Å². The summed E-state index contributed by atoms with van der Waals surface area (Å²) in [5.74, 6) is 0. The van der Waals surface area contributed by atoms with Gasteiger partial charge in [0.15, 0.2) is 6.29 Å². The molecule has 4 nitrogen and oxygen atoms in total. The van der Waals surface area contributed by atoms with Gasteiger partial charge in [-0.2, -0.15) is 0 Å². The Morgan fingerprint density at radius 3 is 1.85 bits per heavy atom. The van der Waals surface area contributed by atoms with Gasteiger partial charge in [-0.1, -0.05) is 81.4 Å². The summed E-state index contributed by atoms with van der Waals surface area (Å²) in [6.07, 6.45) is -0.208. The van der Waals surface area contributed by atoms with Crippen molar-refractivity contribution >= 4 is 18.7 Å². The average molecular weight is 385 g/mol. The third-order valence-electron chi connectivity index (χ3n) is 5.62. The summed E-state index contributed by atoms with van der Waals surface area (Å²) < 4.78 is 24.0. The highest BCUT2D eigenvalue weighted by Gasteiger charge is 2.60. The van der Waals surface area contributed by atoms with Crippen LogP contribution in [0, 0.1) is 0 Å². The Morgan fingerprint density at radius 2 is 1.41 bits per heavy atom. The molecule has 0 bridgehead atoms. The minimum atomic E-state index is -2.54. The summed E-state index contributed by atoms with van der Waals surface area (Å²) in [5.41, 5.74) is 0. The van der Waals surface area contributed by atoms with Crippen LogP contribution in [0.1, 0.15) is 20.8 Å². The summed E-state index contributed by atoms with van der Waals surface area (Å²) in [6, 6.07) is 21.3. The SMILES string of the molecule is CO[C@H]1O[C@H](CO[Si](c2ccccc2)(c2ccccc2)C(C)(C)C)[C@@H]2O[C@H]12. The summed E-state index contributed by atoms with van der Waals surface area (Å²) in [4.78, 5) is 0. The molecule has 0 spiro atoms. The molecule has 144 valence electrons. The number of fused-ring (bicyclic) bond motifs is 1. The molecule has 0 unspecified atom stereocenters. The first kappa shape index (κ1) is 18.8. The van der Waals surface area contributed by atoms with Crippen molar-refractivity contribution in [1.82, 2.24) is 0 Å². The Morgan fingerprint density at radius 1 is 0.852 bits per heavy atom. The zero-order valence-electron chi connectivity index (χ0n) is 16.4. The Bertz CT molecular complexity index is 719. The van der Waals surface area contributed by atoms with E-state index in [1.54, 1.807) is 7.11 Å². The van der Waals surface area contributed by atoms with Gasteiger partial charge in [0, 0.05) is 7.11 Å². The summed E-state index contributed by atoms with van der Waals surface area (Å²) in [5, 5.41) is 2.51. The summed E-state index contributed by atoms with van der Waals surface area (Å²) >= 11 is 0. The van der Waals surface area contributed by atoms with Gasteiger partial charge in [-0.15, -0.1) is 0 Å². The first-order valence-corrected chi connectivity index (χ1v) is 11.5. The van der Waals surface area contributed by atoms with E-state index in [9.17, 15) is 0 Å². The maximum atomic E-state index is 6.92. The van der Waals surface area contributed by atoms with E-state index in [0.29, 0.717) is 6.61 Å². The van der Waals surface area contributed by atoms with Crippen molar-refractivity contribution < 1.29 is 18.6 Å². The van der Waals surface area contributed by atoms with E-state index in [2.05, 4.69) is 81.4 Å². The first-order chi connectivity index (χ1) is 13.0. The van der Waals surface area contributed by atoms with Gasteiger partial charge in [-0.05, 0) is 15.4 Å². The van der Waals surface area contributed by atoms with Crippen molar-refractivity contribution in [3.63, 3.8) is 0 Å². The van der Waals surface area contributed by atoms with Gasteiger partial charge in [0.1, 0.15) is 18.3 Å². The molecule has 2 fully saturated rings. The number of hydrogen-bond donors (Lipinski definition) is 0. The molecule has 0 aromatic heterocycles. The zero-order valence-corrected chi connectivity index (χ0v) is 17.4. The second kappa shape index (κ2) is 7.15. The number of methoxy groups -OCH3 is 1. The molecule has 0 saturated carbocycles. The predicted octanol–water partition coefficient (Wildman–Crippen LogP) is 2.70. The van der Waals surface area contributed by atoms with Crippen LogP contribution in [0.25, 0.3) is 0 Å². The van der Waals surface area contributed by atoms with Crippen LogP contribution in [-0.2, 0) is 18.6 Å². The fourth-order valence-corrected chi connectivity index (χ4v) is 8.84. The van der Waals surface area contributed by atoms with Gasteiger partial charge >= 0.3 is 0 Å². The van der Waals surface area contributed by atoms with E-state index in [4.69, 9.17) is 18.6 Å². The van der Waals surface area contributed by atoms with Crippen molar-refractivity contribution in [3.8, 4) is 0 Å². The molecule has 2 heterocycles. The summed E-state index contributed by atoms with van der Waals surface area (Å²) in [6.45, 7) is 7.35. The van der Waals surface area contributed by atoms with Crippen molar-refractivity contribution in [2.24, 2.45) is 0 Å². The van der Waals surface area contributed by atoms with Crippen molar-refractivity contribution in [1.29, 1.82) is 0 Å². The highest BCUT2D eigenvalue weighted by atomic mass is 28.4. The molecule has 2 aromatic rings. The van der Waals surface area contributed by atoms with Crippen LogP contribution >= 0.6 is 0 Å². The van der Waals surface area contributed by atoms with E-state index in [0.717, 1.165) is 0 Å². The number of benzene rings is 2. The molecule has 0 N–H and O–H groups in total. The minimum Gasteiger partial charge on any atom is -0.405 e. The van der Waals surface area contributed by atoms with Gasteiger partial charge in [-0.3, -0.25) is 0 Å². The standard InChI is InChI=1S/C22H28O4Si/c1-22(2,3)27(16-11-7-5-8-12-16,17-13-9-6-10-14-17)24-15-18-19-20(26-19)21(23-4)25-18/h5-14,18-21H,15H2,1-4H3/t18-,19+,20+,21+/m1/s1. The van der Waals surface area contributed by atoms with E-state index >= 15 is 0 Å². The highest BCUT2D eigenvalue weighted by Crippen LogP contribution is 2.41. The number of epoxide rings is 1. The Hall–Kier alpha value is -1.50. The van der Waals surface area contributed by atoms with E-state index in [1.165, 1.54) is 10.4 Å². The first-order valence-electron chi connectivity index (χ1n) is 9.56. The molecule has 5 heteroatoms. The second-order valence-electron chi connectivity index (χ2n) is 8.32. The number of hydrogen-bond acceptors (Lipinski definition) is 4. The van der Waals surface area contributed by atoms with Gasteiger partial charge in [0.25, 0.3) is 8.32 Å². The third-order valence-corrected chi connectivity index (χ3v) is 10.6. The molecule has 0 amide bonds. The zero-order chi connectivity index (χ0) is 19.1. The van der Waals surface area contributed by atoms with Crippen LogP contribution in [-0.4, -0.2) is 46.6 Å². The van der Waals surface area contributed by atoms with Crippen LogP contribution in [0.5, 0.6) is 0 Å². The molecule has 4 atom stereocenters. The van der Waals surface area contributed by atoms with Crippen molar-refractivity contribution in [2.75, 3.05) is 13.7 Å². The smallest absolute Gasteiger partial charge is 0.261 e. The normalized spacial score (nSPS) is 27.4. The van der Waals surface area contributed by atoms with Crippen LogP contribution < -0.4 is 10.4 Å². The Balaban J connectivity index is 1.70. The lowest BCUT2D eigenvalue weighted by atomic mass is 10.2. The largest absolute Gasteiger partial charge is 0.405 e. The lowest BCUT2D eigenvalue weighted by molar-refractivity contribution is -0.165. The van der Waals surface area contributed by atoms with Gasteiger partial charge in [-0.25, -0.2) is 0 Å². The second-order valence-corrected chi connectivity index (χ2v) is 12.6. The lowest BCUT2D eigenvalue weighted by Crippen LogP contribution is -2.67. The van der Waals surface area contributed by atoms with E-state index < -0.39 is 8.32 Å². The van der Waals surface area contributed by atoms with Crippen LogP contribution in [0.15, 0.2) is 60.7 Å². The lowest BCUT2D eigenvalue weighted by Gasteiger charge is -2.43. The van der Waals surface area contributed by atoms with Crippen molar-refractivity contribution in [3.05, 3.63) is 60.7 Å². The molecule has 2 aliphatic rings. The fraction of sp³-hybridized carbons (Fsp3) is 0.455. The molecule has 4 rings (SSSR count). The predicted molar refractivity (Wildman–Crippen MR) is 108 cm³/mol. The monoisotopic (exact) mass is 384 g/mol. The molecule has 0 aliphatic carbocycles. The molecule has 2 aliphatic heterocycles. The molecule has 2 saturated heterocycles. The van der Waals surface area contributed by atoms with Gasteiger partial charge in [0.05, 0.1) is 6.61 Å². The third kappa shape index (κ3) is 3.28. The average Bonchev–Trinajstić information content (AvgIpc) is 3.39. The van der Waals surface area contributed by atoms with Crippen molar-refractivity contribution in [2.45, 2.75) is 50.4 Å².